The molecule has 0 spiro atoms. The molecule has 0 saturated heterocycles. The number of carbonyl (C=O) groups excluding carboxylic acids is 1. The van der Waals surface area contributed by atoms with E-state index in [1.807, 2.05) is 28.9 Å². The Kier molecular flexibility index (Phi) is 4.21. The van der Waals surface area contributed by atoms with Gasteiger partial charge in [-0.15, -0.1) is 16.4 Å². The quantitative estimate of drug-likeness (QED) is 0.733. The van der Waals surface area contributed by atoms with Gasteiger partial charge >= 0.3 is 0 Å². The molecule has 8 heteroatoms. The molecule has 138 valence electrons. The predicted octanol–water partition coefficient (Wildman–Crippen LogP) is 3.38. The van der Waals surface area contributed by atoms with Gasteiger partial charge in [0.2, 0.25) is 5.91 Å². The molecule has 3 heterocycles. The SMILES string of the molecule is O=C(CC1OCCc2ccsc21)Nc1ccc(-c2nnnn2C2CC2)cc1. The van der Waals surface area contributed by atoms with Crippen molar-refractivity contribution in [2.45, 2.75) is 37.8 Å². The summed E-state index contributed by atoms with van der Waals surface area (Å²) in [7, 11) is 0. The summed E-state index contributed by atoms with van der Waals surface area (Å²) in [5, 5.41) is 17.0. The van der Waals surface area contributed by atoms with Gasteiger partial charge in [0, 0.05) is 16.1 Å². The minimum atomic E-state index is -0.142. The Morgan fingerprint density at radius 3 is 2.93 bits per heavy atom. The lowest BCUT2D eigenvalue weighted by molar-refractivity contribution is -0.119. The van der Waals surface area contributed by atoms with E-state index in [0.717, 1.165) is 36.3 Å². The molecule has 2 aliphatic rings. The van der Waals surface area contributed by atoms with Gasteiger partial charge in [0.1, 0.15) is 6.10 Å². The highest BCUT2D eigenvalue weighted by molar-refractivity contribution is 7.10. The van der Waals surface area contributed by atoms with Crippen molar-refractivity contribution in [2.75, 3.05) is 11.9 Å². The van der Waals surface area contributed by atoms with Crippen molar-refractivity contribution in [1.29, 1.82) is 0 Å². The number of ether oxygens (including phenoxy) is 1. The lowest BCUT2D eigenvalue weighted by Crippen LogP contribution is -2.21. The van der Waals surface area contributed by atoms with Gasteiger partial charge in [-0.2, -0.15) is 0 Å². The molecule has 2 aromatic heterocycles. The monoisotopic (exact) mass is 381 g/mol. The number of tetrazole rings is 1. The van der Waals surface area contributed by atoms with Crippen molar-refractivity contribution >= 4 is 22.9 Å². The van der Waals surface area contributed by atoms with E-state index in [1.54, 1.807) is 11.3 Å². The molecule has 1 unspecified atom stereocenters. The molecule has 3 aromatic rings. The number of aromatic nitrogens is 4. The van der Waals surface area contributed by atoms with Crippen LogP contribution in [0.15, 0.2) is 35.7 Å². The van der Waals surface area contributed by atoms with Crippen LogP contribution in [0.5, 0.6) is 0 Å². The highest BCUT2D eigenvalue weighted by Crippen LogP contribution is 2.37. The number of carbonyl (C=O) groups is 1. The van der Waals surface area contributed by atoms with Crippen LogP contribution in [0.3, 0.4) is 0 Å². The molecule has 5 rings (SSSR count). The first kappa shape index (κ1) is 16.6. The number of benzene rings is 1. The van der Waals surface area contributed by atoms with Crippen molar-refractivity contribution < 1.29 is 9.53 Å². The van der Waals surface area contributed by atoms with Crippen LogP contribution in [0, 0.1) is 0 Å². The molecule has 1 atom stereocenters. The number of hydrogen-bond donors (Lipinski definition) is 1. The molecule has 1 amide bonds. The van der Waals surface area contributed by atoms with Gasteiger partial charge in [-0.05, 0) is 71.0 Å². The molecular weight excluding hydrogens is 362 g/mol. The Labute approximate surface area is 160 Å². The highest BCUT2D eigenvalue weighted by atomic mass is 32.1. The average molecular weight is 381 g/mol. The minimum absolute atomic E-state index is 0.0446. The van der Waals surface area contributed by atoms with Gasteiger partial charge in [-0.1, -0.05) is 0 Å². The van der Waals surface area contributed by atoms with Gasteiger partial charge in [-0.25, -0.2) is 4.68 Å². The van der Waals surface area contributed by atoms with Gasteiger partial charge < -0.3 is 10.1 Å². The van der Waals surface area contributed by atoms with E-state index in [0.29, 0.717) is 19.1 Å². The fraction of sp³-hybridized carbons (Fsp3) is 0.368. The van der Waals surface area contributed by atoms with Crippen LogP contribution in [0.2, 0.25) is 0 Å². The Morgan fingerprint density at radius 2 is 2.11 bits per heavy atom. The van der Waals surface area contributed by atoms with E-state index >= 15 is 0 Å². The first-order valence-electron chi connectivity index (χ1n) is 9.14. The molecule has 1 aliphatic carbocycles. The van der Waals surface area contributed by atoms with Crippen LogP contribution < -0.4 is 5.32 Å². The molecule has 0 bridgehead atoms. The first-order valence-corrected chi connectivity index (χ1v) is 10.0. The lowest BCUT2D eigenvalue weighted by Gasteiger charge is -2.22. The normalized spacial score (nSPS) is 18.9. The third kappa shape index (κ3) is 3.38. The molecule has 1 N–H and O–H groups in total. The summed E-state index contributed by atoms with van der Waals surface area (Å²) in [6.07, 6.45) is 3.37. The lowest BCUT2D eigenvalue weighted by atomic mass is 10.1. The number of amides is 1. The summed E-state index contributed by atoms with van der Waals surface area (Å²) in [5.41, 5.74) is 3.02. The molecule has 1 aromatic carbocycles. The number of thiophene rings is 1. The standard InChI is InChI=1S/C19H19N5O2S/c25-17(11-16-18-12(7-9-26-16)8-10-27-18)20-14-3-1-13(2-4-14)19-21-22-23-24(19)15-5-6-15/h1-4,8,10,15-16H,5-7,9,11H2,(H,20,25). The van der Waals surface area contributed by atoms with Gasteiger partial charge in [0.15, 0.2) is 5.82 Å². The predicted molar refractivity (Wildman–Crippen MR) is 101 cm³/mol. The number of hydrogen-bond acceptors (Lipinski definition) is 6. The van der Waals surface area contributed by atoms with Crippen molar-refractivity contribution in [3.05, 3.63) is 46.2 Å². The molecule has 1 fully saturated rings. The van der Waals surface area contributed by atoms with E-state index in [-0.39, 0.29) is 12.0 Å². The van der Waals surface area contributed by atoms with Crippen molar-refractivity contribution in [3.63, 3.8) is 0 Å². The summed E-state index contributed by atoms with van der Waals surface area (Å²) in [6.45, 7) is 0.673. The fourth-order valence-corrected chi connectivity index (χ4v) is 4.41. The Balaban J connectivity index is 1.25. The van der Waals surface area contributed by atoms with Crippen LogP contribution in [0.1, 0.15) is 41.8 Å². The Bertz CT molecular complexity index is 961. The zero-order chi connectivity index (χ0) is 18.2. The van der Waals surface area contributed by atoms with E-state index in [9.17, 15) is 4.79 Å². The van der Waals surface area contributed by atoms with Crippen LogP contribution >= 0.6 is 11.3 Å². The van der Waals surface area contributed by atoms with Gasteiger partial charge in [0.25, 0.3) is 0 Å². The Hall–Kier alpha value is -2.58. The second-order valence-corrected chi connectivity index (χ2v) is 7.88. The fourth-order valence-electron chi connectivity index (χ4n) is 3.41. The second kappa shape index (κ2) is 6.86. The number of nitrogens with one attached hydrogen (secondary N) is 1. The minimum Gasteiger partial charge on any atom is -0.372 e. The Morgan fingerprint density at radius 1 is 1.26 bits per heavy atom. The summed E-state index contributed by atoms with van der Waals surface area (Å²) in [6, 6.07) is 10.2. The second-order valence-electron chi connectivity index (χ2n) is 6.93. The molecule has 1 saturated carbocycles. The maximum atomic E-state index is 12.5. The summed E-state index contributed by atoms with van der Waals surface area (Å²) >= 11 is 1.66. The van der Waals surface area contributed by atoms with E-state index in [2.05, 4.69) is 32.3 Å². The van der Waals surface area contributed by atoms with Gasteiger partial charge in [0.05, 0.1) is 19.1 Å². The smallest absolute Gasteiger partial charge is 0.227 e. The number of rotatable bonds is 5. The number of nitrogens with zero attached hydrogens (tertiary/aromatic N) is 4. The number of anilines is 1. The summed E-state index contributed by atoms with van der Waals surface area (Å²) < 4.78 is 7.69. The average Bonchev–Trinajstić information content (AvgIpc) is 3.20. The molecule has 1 aliphatic heterocycles. The van der Waals surface area contributed by atoms with E-state index in [1.165, 1.54) is 10.4 Å². The molecular formula is C19H19N5O2S. The maximum absolute atomic E-state index is 12.5. The zero-order valence-electron chi connectivity index (χ0n) is 14.7. The first-order chi connectivity index (χ1) is 13.3. The van der Waals surface area contributed by atoms with Crippen molar-refractivity contribution in [3.8, 4) is 11.4 Å². The van der Waals surface area contributed by atoms with Crippen LogP contribution in [0.25, 0.3) is 11.4 Å². The van der Waals surface area contributed by atoms with Gasteiger partial charge in [-0.3, -0.25) is 4.79 Å². The molecule has 0 radical (unpaired) electrons. The molecule has 27 heavy (non-hydrogen) atoms. The van der Waals surface area contributed by atoms with Crippen LogP contribution in [-0.4, -0.2) is 32.7 Å². The maximum Gasteiger partial charge on any atom is 0.227 e. The summed E-state index contributed by atoms with van der Waals surface area (Å²) in [4.78, 5) is 13.6. The van der Waals surface area contributed by atoms with E-state index < -0.39 is 0 Å². The third-order valence-corrected chi connectivity index (χ3v) is 6.00. The number of fused-ring (bicyclic) bond motifs is 1. The van der Waals surface area contributed by atoms with Crippen molar-refractivity contribution in [1.82, 2.24) is 20.2 Å². The van der Waals surface area contributed by atoms with Crippen LogP contribution in [-0.2, 0) is 16.0 Å². The largest absolute Gasteiger partial charge is 0.372 e. The van der Waals surface area contributed by atoms with Crippen molar-refractivity contribution in [2.24, 2.45) is 0 Å². The van der Waals surface area contributed by atoms with E-state index in [4.69, 9.17) is 4.74 Å². The topological polar surface area (TPSA) is 81.9 Å². The third-order valence-electron chi connectivity index (χ3n) is 4.95. The van der Waals surface area contributed by atoms with Crippen LogP contribution in [0.4, 0.5) is 5.69 Å². The molecule has 7 nitrogen and oxygen atoms in total. The highest BCUT2D eigenvalue weighted by Gasteiger charge is 2.28. The summed E-state index contributed by atoms with van der Waals surface area (Å²) in [5.74, 6) is 0.730. The zero-order valence-corrected chi connectivity index (χ0v) is 15.5.